The molecule has 4 heteroatoms. The largest absolute Gasteiger partial charge is 0.351 e. The van der Waals surface area contributed by atoms with Crippen molar-refractivity contribution in [3.63, 3.8) is 0 Å². The Labute approximate surface area is 102 Å². The molecule has 0 aliphatic heterocycles. The molecule has 4 nitrogen and oxygen atoms in total. The fraction of sp³-hybridized carbons (Fsp3) is 0.538. The van der Waals surface area contributed by atoms with Crippen LogP contribution in [-0.4, -0.2) is 17.0 Å². The molecule has 0 aliphatic rings. The Morgan fingerprint density at radius 1 is 1.47 bits per heavy atom. The van der Waals surface area contributed by atoms with E-state index in [0.29, 0.717) is 12.1 Å². The number of amides is 1. The lowest BCUT2D eigenvalue weighted by Gasteiger charge is -2.22. The normalized spacial score (nSPS) is 11.3. The summed E-state index contributed by atoms with van der Waals surface area (Å²) in [6.07, 6.45) is 2.59. The highest BCUT2D eigenvalue weighted by molar-refractivity contribution is 5.93. The van der Waals surface area contributed by atoms with E-state index in [0.717, 1.165) is 6.42 Å². The quantitative estimate of drug-likeness (QED) is 0.862. The zero-order chi connectivity index (χ0) is 13.1. The molecular formula is C13H20N2O2. The number of rotatable bonds is 4. The first-order valence-corrected chi connectivity index (χ1v) is 5.80. The standard InChI is InChI=1S/C13H20N2O2/c1-5-13(2,3)9-14-12(17)10-6-7-15(4)11(16)8-10/h6-8H,5,9H2,1-4H3,(H,14,17). The third-order valence-corrected chi connectivity index (χ3v) is 3.05. The number of nitrogens with one attached hydrogen (secondary N) is 1. The summed E-state index contributed by atoms with van der Waals surface area (Å²) >= 11 is 0. The molecule has 0 unspecified atom stereocenters. The van der Waals surface area contributed by atoms with Crippen molar-refractivity contribution < 1.29 is 4.79 Å². The number of pyridine rings is 1. The number of carbonyl (C=O) groups excluding carboxylic acids is 1. The molecule has 1 heterocycles. The van der Waals surface area contributed by atoms with Crippen LogP contribution in [0.4, 0.5) is 0 Å². The summed E-state index contributed by atoms with van der Waals surface area (Å²) in [5.41, 5.74) is 0.322. The van der Waals surface area contributed by atoms with Gasteiger partial charge in [-0.15, -0.1) is 0 Å². The molecule has 0 atom stereocenters. The zero-order valence-corrected chi connectivity index (χ0v) is 10.9. The first kappa shape index (κ1) is 13.5. The summed E-state index contributed by atoms with van der Waals surface area (Å²) in [4.78, 5) is 23.2. The van der Waals surface area contributed by atoms with Crippen molar-refractivity contribution in [1.82, 2.24) is 9.88 Å². The molecule has 1 rings (SSSR count). The van der Waals surface area contributed by atoms with E-state index >= 15 is 0 Å². The molecule has 0 fully saturated rings. The van der Waals surface area contributed by atoms with Crippen molar-refractivity contribution in [3.8, 4) is 0 Å². The van der Waals surface area contributed by atoms with E-state index in [1.165, 1.54) is 10.6 Å². The molecule has 0 bridgehead atoms. The topological polar surface area (TPSA) is 51.1 Å². The van der Waals surface area contributed by atoms with E-state index < -0.39 is 0 Å². The van der Waals surface area contributed by atoms with Gasteiger partial charge in [0.2, 0.25) is 0 Å². The van der Waals surface area contributed by atoms with Crippen LogP contribution in [0.15, 0.2) is 23.1 Å². The second-order valence-corrected chi connectivity index (χ2v) is 5.07. The van der Waals surface area contributed by atoms with Crippen molar-refractivity contribution in [1.29, 1.82) is 0 Å². The number of aryl methyl sites for hydroxylation is 1. The summed E-state index contributed by atoms with van der Waals surface area (Å²) in [6, 6.07) is 3.00. The summed E-state index contributed by atoms with van der Waals surface area (Å²) in [7, 11) is 1.66. The van der Waals surface area contributed by atoms with Crippen LogP contribution in [0.3, 0.4) is 0 Å². The molecule has 1 aromatic heterocycles. The Balaban J connectivity index is 2.71. The third-order valence-electron chi connectivity index (χ3n) is 3.05. The third kappa shape index (κ3) is 3.73. The van der Waals surface area contributed by atoms with Crippen LogP contribution in [0.2, 0.25) is 0 Å². The van der Waals surface area contributed by atoms with Gasteiger partial charge in [0.05, 0.1) is 0 Å². The number of carbonyl (C=O) groups is 1. The van der Waals surface area contributed by atoms with Gasteiger partial charge in [-0.1, -0.05) is 20.8 Å². The predicted octanol–water partition coefficient (Wildman–Crippen LogP) is 1.55. The molecule has 17 heavy (non-hydrogen) atoms. The summed E-state index contributed by atoms with van der Waals surface area (Å²) in [6.45, 7) is 6.89. The lowest BCUT2D eigenvalue weighted by molar-refractivity contribution is 0.0935. The van der Waals surface area contributed by atoms with E-state index in [-0.39, 0.29) is 16.9 Å². The summed E-state index contributed by atoms with van der Waals surface area (Å²) in [5.74, 6) is -0.191. The van der Waals surface area contributed by atoms with Crippen molar-refractivity contribution in [3.05, 3.63) is 34.2 Å². The van der Waals surface area contributed by atoms with E-state index in [1.54, 1.807) is 19.3 Å². The smallest absolute Gasteiger partial charge is 0.251 e. The number of hydrogen-bond acceptors (Lipinski definition) is 2. The van der Waals surface area contributed by atoms with Gasteiger partial charge in [0.15, 0.2) is 0 Å². The SMILES string of the molecule is CCC(C)(C)CNC(=O)c1ccn(C)c(=O)c1. The van der Waals surface area contributed by atoms with E-state index in [4.69, 9.17) is 0 Å². The average Bonchev–Trinajstić information content (AvgIpc) is 2.30. The fourth-order valence-electron chi connectivity index (χ4n) is 1.24. The second-order valence-electron chi connectivity index (χ2n) is 5.07. The van der Waals surface area contributed by atoms with Crippen LogP contribution in [0, 0.1) is 5.41 Å². The van der Waals surface area contributed by atoms with E-state index in [1.807, 2.05) is 0 Å². The lowest BCUT2D eigenvalue weighted by atomic mass is 9.90. The molecule has 1 aromatic rings. The molecular weight excluding hydrogens is 216 g/mol. The van der Waals surface area contributed by atoms with Crippen LogP contribution in [0.1, 0.15) is 37.6 Å². The highest BCUT2D eigenvalue weighted by Crippen LogP contribution is 2.17. The molecule has 0 saturated heterocycles. The van der Waals surface area contributed by atoms with Gasteiger partial charge in [0.1, 0.15) is 0 Å². The first-order chi connectivity index (χ1) is 7.85. The van der Waals surface area contributed by atoms with Crippen molar-refractivity contribution >= 4 is 5.91 Å². The van der Waals surface area contributed by atoms with E-state index in [9.17, 15) is 9.59 Å². The predicted molar refractivity (Wildman–Crippen MR) is 68.1 cm³/mol. The molecule has 0 saturated carbocycles. The minimum Gasteiger partial charge on any atom is -0.351 e. The molecule has 0 aliphatic carbocycles. The molecule has 94 valence electrons. The van der Waals surface area contributed by atoms with Crippen molar-refractivity contribution in [2.45, 2.75) is 27.2 Å². The maximum Gasteiger partial charge on any atom is 0.251 e. The van der Waals surface area contributed by atoms with Crippen LogP contribution in [-0.2, 0) is 7.05 Å². The number of aromatic nitrogens is 1. The number of hydrogen-bond donors (Lipinski definition) is 1. The van der Waals surface area contributed by atoms with E-state index in [2.05, 4.69) is 26.1 Å². The summed E-state index contributed by atoms with van der Waals surface area (Å²) in [5, 5.41) is 2.85. The Morgan fingerprint density at radius 3 is 2.65 bits per heavy atom. The number of nitrogens with zero attached hydrogens (tertiary/aromatic N) is 1. The highest BCUT2D eigenvalue weighted by atomic mass is 16.2. The summed E-state index contributed by atoms with van der Waals surface area (Å²) < 4.78 is 1.44. The Hall–Kier alpha value is -1.58. The van der Waals surface area contributed by atoms with Crippen LogP contribution < -0.4 is 10.9 Å². The Morgan fingerprint density at radius 2 is 2.12 bits per heavy atom. The maximum atomic E-state index is 11.8. The van der Waals surface area contributed by atoms with Gasteiger partial charge >= 0.3 is 0 Å². The van der Waals surface area contributed by atoms with Gasteiger partial charge < -0.3 is 9.88 Å². The van der Waals surface area contributed by atoms with Crippen molar-refractivity contribution in [2.24, 2.45) is 12.5 Å². The molecule has 0 radical (unpaired) electrons. The highest BCUT2D eigenvalue weighted by Gasteiger charge is 2.16. The van der Waals surface area contributed by atoms with Gasteiger partial charge in [-0.05, 0) is 17.9 Å². The average molecular weight is 236 g/mol. The maximum absolute atomic E-state index is 11.8. The zero-order valence-electron chi connectivity index (χ0n) is 10.9. The first-order valence-electron chi connectivity index (χ1n) is 5.80. The molecule has 0 aromatic carbocycles. The van der Waals surface area contributed by atoms with Gasteiger partial charge in [-0.3, -0.25) is 9.59 Å². The van der Waals surface area contributed by atoms with Crippen LogP contribution in [0.25, 0.3) is 0 Å². The molecule has 1 amide bonds. The molecule has 1 N–H and O–H groups in total. The minimum absolute atomic E-state index is 0.0788. The molecule has 0 spiro atoms. The minimum atomic E-state index is -0.191. The van der Waals surface area contributed by atoms with Gasteiger partial charge in [-0.2, -0.15) is 0 Å². The Bertz CT molecular complexity index is 461. The monoisotopic (exact) mass is 236 g/mol. The van der Waals surface area contributed by atoms with Gasteiger partial charge in [0, 0.05) is 31.4 Å². The van der Waals surface area contributed by atoms with Crippen LogP contribution in [0.5, 0.6) is 0 Å². The van der Waals surface area contributed by atoms with Gasteiger partial charge in [0.25, 0.3) is 11.5 Å². The second kappa shape index (κ2) is 5.17. The fourth-order valence-corrected chi connectivity index (χ4v) is 1.24. The van der Waals surface area contributed by atoms with Crippen LogP contribution >= 0.6 is 0 Å². The van der Waals surface area contributed by atoms with Crippen molar-refractivity contribution in [2.75, 3.05) is 6.54 Å². The Kier molecular flexibility index (Phi) is 4.10. The van der Waals surface area contributed by atoms with Gasteiger partial charge in [-0.25, -0.2) is 0 Å². The lowest BCUT2D eigenvalue weighted by Crippen LogP contribution is -2.34.